The molecule has 0 aliphatic heterocycles. The third-order valence-corrected chi connectivity index (χ3v) is 9.11. The number of benzene rings is 1. The zero-order valence-corrected chi connectivity index (χ0v) is 19.9. The summed E-state index contributed by atoms with van der Waals surface area (Å²) in [5.41, 5.74) is 3.01. The van der Waals surface area contributed by atoms with Crippen LogP contribution in [0.2, 0.25) is 0 Å². The zero-order valence-electron chi connectivity index (χ0n) is 18.3. The summed E-state index contributed by atoms with van der Waals surface area (Å²) < 4.78 is 41.8. The highest BCUT2D eigenvalue weighted by Gasteiger charge is 2.26. The molecule has 1 fully saturated rings. The summed E-state index contributed by atoms with van der Waals surface area (Å²) in [6.07, 6.45) is 9.43. The molecule has 0 radical (unpaired) electrons. The Balaban J connectivity index is 1.17. The molecule has 6 nitrogen and oxygen atoms in total. The molecule has 0 spiro atoms. The standard InChI is InChI=1S/C24H27FN4O2S2/c25-18-9-8-17-3-1-5-22-23(21(17)13-18)28-24(32-22)27-14-16-6-10-19(11-7-16)29-33(30,31)20-4-2-12-26-15-20/h2,4,8-9,12-13,15-16,19,29H,1,3,5-7,10-11,14H2,(H,27,28). The van der Waals surface area contributed by atoms with Crippen molar-refractivity contribution < 1.29 is 12.8 Å². The number of anilines is 1. The van der Waals surface area contributed by atoms with Crippen LogP contribution in [0.25, 0.3) is 11.3 Å². The highest BCUT2D eigenvalue weighted by atomic mass is 32.2. The van der Waals surface area contributed by atoms with Gasteiger partial charge in [0, 0.05) is 35.4 Å². The number of hydrogen-bond acceptors (Lipinski definition) is 6. The number of halogens is 1. The van der Waals surface area contributed by atoms with Crippen molar-refractivity contribution in [1.82, 2.24) is 14.7 Å². The minimum atomic E-state index is -3.53. The molecular formula is C24H27FN4O2S2. The van der Waals surface area contributed by atoms with Crippen molar-refractivity contribution in [2.24, 2.45) is 5.92 Å². The lowest BCUT2D eigenvalue weighted by Crippen LogP contribution is -2.38. The van der Waals surface area contributed by atoms with E-state index >= 15 is 0 Å². The van der Waals surface area contributed by atoms with Crippen LogP contribution in [0.15, 0.2) is 47.6 Å². The molecule has 0 bridgehead atoms. The van der Waals surface area contributed by atoms with Gasteiger partial charge in [0.25, 0.3) is 0 Å². The molecule has 0 atom stereocenters. The number of pyridine rings is 1. The van der Waals surface area contributed by atoms with E-state index in [2.05, 4.69) is 15.0 Å². The van der Waals surface area contributed by atoms with Crippen molar-refractivity contribution in [3.8, 4) is 11.3 Å². The average Bonchev–Trinajstić information content (AvgIpc) is 3.15. The smallest absolute Gasteiger partial charge is 0.242 e. The van der Waals surface area contributed by atoms with Gasteiger partial charge in [0.2, 0.25) is 10.0 Å². The van der Waals surface area contributed by atoms with Crippen LogP contribution in [0.5, 0.6) is 0 Å². The summed E-state index contributed by atoms with van der Waals surface area (Å²) in [7, 11) is -3.53. The second-order valence-corrected chi connectivity index (χ2v) is 11.7. The lowest BCUT2D eigenvalue weighted by atomic mass is 9.86. The van der Waals surface area contributed by atoms with E-state index in [-0.39, 0.29) is 16.8 Å². The highest BCUT2D eigenvalue weighted by Crippen LogP contribution is 2.38. The summed E-state index contributed by atoms with van der Waals surface area (Å²) >= 11 is 1.67. The van der Waals surface area contributed by atoms with E-state index in [1.165, 1.54) is 22.7 Å². The number of thiazole rings is 1. The maximum Gasteiger partial charge on any atom is 0.242 e. The van der Waals surface area contributed by atoms with E-state index in [0.29, 0.717) is 5.92 Å². The Morgan fingerprint density at radius 1 is 1.12 bits per heavy atom. The first-order valence-electron chi connectivity index (χ1n) is 11.4. The number of nitrogens with zero attached hydrogens (tertiary/aromatic N) is 2. The highest BCUT2D eigenvalue weighted by molar-refractivity contribution is 7.89. The monoisotopic (exact) mass is 486 g/mol. The molecular weight excluding hydrogens is 459 g/mol. The maximum atomic E-state index is 13.9. The molecule has 2 aromatic heterocycles. The summed E-state index contributed by atoms with van der Waals surface area (Å²) in [6.45, 7) is 0.810. The molecule has 2 N–H and O–H groups in total. The molecule has 0 saturated heterocycles. The molecule has 9 heteroatoms. The topological polar surface area (TPSA) is 84.0 Å². The van der Waals surface area contributed by atoms with E-state index in [1.54, 1.807) is 35.7 Å². The van der Waals surface area contributed by atoms with Gasteiger partial charge in [-0.15, -0.1) is 11.3 Å². The minimum absolute atomic E-state index is 0.0474. The number of fused-ring (bicyclic) bond motifs is 3. The minimum Gasteiger partial charge on any atom is -0.361 e. The van der Waals surface area contributed by atoms with Gasteiger partial charge in [0.15, 0.2) is 5.13 Å². The van der Waals surface area contributed by atoms with Crippen molar-refractivity contribution in [2.75, 3.05) is 11.9 Å². The predicted molar refractivity (Wildman–Crippen MR) is 128 cm³/mol. The second-order valence-electron chi connectivity index (χ2n) is 8.85. The Labute approximate surface area is 197 Å². The molecule has 3 aromatic rings. The van der Waals surface area contributed by atoms with Gasteiger partial charge in [-0.1, -0.05) is 6.07 Å². The zero-order chi connectivity index (χ0) is 22.8. The van der Waals surface area contributed by atoms with Crippen LogP contribution in [0, 0.1) is 11.7 Å². The fourth-order valence-electron chi connectivity index (χ4n) is 4.74. The van der Waals surface area contributed by atoms with E-state index < -0.39 is 10.0 Å². The van der Waals surface area contributed by atoms with E-state index in [4.69, 9.17) is 4.98 Å². The number of sulfonamides is 1. The van der Waals surface area contributed by atoms with Gasteiger partial charge < -0.3 is 5.32 Å². The normalized spacial score (nSPS) is 20.5. The molecule has 33 heavy (non-hydrogen) atoms. The molecule has 1 saturated carbocycles. The second kappa shape index (κ2) is 9.48. The van der Waals surface area contributed by atoms with E-state index in [0.717, 1.165) is 67.9 Å². The van der Waals surface area contributed by atoms with Crippen LogP contribution in [0.4, 0.5) is 9.52 Å². The van der Waals surface area contributed by atoms with Gasteiger partial charge in [-0.05, 0) is 80.7 Å². The number of hydrogen-bond donors (Lipinski definition) is 2. The third-order valence-electron chi connectivity index (χ3n) is 6.53. The van der Waals surface area contributed by atoms with Crippen LogP contribution in [0.1, 0.15) is 42.5 Å². The lowest BCUT2D eigenvalue weighted by molar-refractivity contribution is 0.324. The average molecular weight is 487 g/mol. The number of nitrogens with one attached hydrogen (secondary N) is 2. The Morgan fingerprint density at radius 3 is 2.76 bits per heavy atom. The predicted octanol–water partition coefficient (Wildman–Crippen LogP) is 4.78. The Bertz CT molecular complexity index is 1220. The first-order valence-corrected chi connectivity index (χ1v) is 13.7. The Hall–Kier alpha value is -2.36. The van der Waals surface area contributed by atoms with Crippen LogP contribution < -0.4 is 10.0 Å². The molecule has 174 valence electrons. The molecule has 2 heterocycles. The summed E-state index contributed by atoms with van der Waals surface area (Å²) in [5, 5.41) is 4.38. The summed E-state index contributed by atoms with van der Waals surface area (Å²) in [5.74, 6) is 0.248. The largest absolute Gasteiger partial charge is 0.361 e. The first kappa shape index (κ1) is 22.4. The van der Waals surface area contributed by atoms with Gasteiger partial charge in [0.05, 0.1) is 5.69 Å². The molecule has 1 aromatic carbocycles. The quantitative estimate of drug-likeness (QED) is 0.524. The first-order chi connectivity index (χ1) is 16.0. The number of rotatable bonds is 6. The maximum absolute atomic E-state index is 13.9. The van der Waals surface area contributed by atoms with Crippen LogP contribution in [0.3, 0.4) is 0 Å². The fourth-order valence-corrected chi connectivity index (χ4v) is 7.04. The molecule has 5 rings (SSSR count). The summed E-state index contributed by atoms with van der Waals surface area (Å²) in [4.78, 5) is 10.1. The number of aryl methyl sites for hydroxylation is 2. The SMILES string of the molecule is O=S(=O)(NC1CCC(CNc2nc3c(s2)CCCc2ccc(F)cc2-3)CC1)c1cccnc1. The van der Waals surface area contributed by atoms with Crippen LogP contribution in [-0.4, -0.2) is 31.0 Å². The fraction of sp³-hybridized carbons (Fsp3) is 0.417. The molecule has 2 aliphatic rings. The van der Waals surface area contributed by atoms with Crippen molar-refractivity contribution in [2.45, 2.75) is 55.9 Å². The third kappa shape index (κ3) is 5.10. The van der Waals surface area contributed by atoms with Crippen LogP contribution in [-0.2, 0) is 22.9 Å². The number of aromatic nitrogens is 2. The Kier molecular flexibility index (Phi) is 6.44. The molecule has 0 unspecified atom stereocenters. The van der Waals surface area contributed by atoms with Crippen molar-refractivity contribution >= 4 is 26.5 Å². The van der Waals surface area contributed by atoms with Gasteiger partial charge in [-0.3, -0.25) is 4.98 Å². The van der Waals surface area contributed by atoms with E-state index in [9.17, 15) is 12.8 Å². The molecule has 2 aliphatic carbocycles. The van der Waals surface area contributed by atoms with Crippen molar-refractivity contribution in [1.29, 1.82) is 0 Å². The van der Waals surface area contributed by atoms with E-state index in [1.807, 2.05) is 6.07 Å². The molecule has 0 amide bonds. The van der Waals surface area contributed by atoms with Gasteiger partial charge >= 0.3 is 0 Å². The van der Waals surface area contributed by atoms with Crippen LogP contribution >= 0.6 is 11.3 Å². The van der Waals surface area contributed by atoms with Crippen molar-refractivity contribution in [3.63, 3.8) is 0 Å². The lowest BCUT2D eigenvalue weighted by Gasteiger charge is -2.29. The van der Waals surface area contributed by atoms with Gasteiger partial charge in [-0.2, -0.15) is 0 Å². The Morgan fingerprint density at radius 2 is 1.97 bits per heavy atom. The van der Waals surface area contributed by atoms with Gasteiger partial charge in [0.1, 0.15) is 10.7 Å². The van der Waals surface area contributed by atoms with Crippen molar-refractivity contribution in [3.05, 3.63) is 59.0 Å². The van der Waals surface area contributed by atoms with Gasteiger partial charge in [-0.25, -0.2) is 22.5 Å². The summed E-state index contributed by atoms with van der Waals surface area (Å²) in [6, 6.07) is 8.17.